The molecule has 0 atom stereocenters. The highest BCUT2D eigenvalue weighted by atomic mass is 32.1. The van der Waals surface area contributed by atoms with Gasteiger partial charge in [-0.1, -0.05) is 39.8 Å². The molecule has 150 valence electrons. The van der Waals surface area contributed by atoms with E-state index in [-0.39, 0.29) is 11.6 Å². The fourth-order valence-corrected chi connectivity index (χ4v) is 2.95. The lowest BCUT2D eigenvalue weighted by atomic mass is 10.1. The van der Waals surface area contributed by atoms with Crippen LogP contribution in [-0.2, 0) is 0 Å². The number of nitrogens with one attached hydrogen (secondary N) is 1. The van der Waals surface area contributed by atoms with Gasteiger partial charge in [-0.25, -0.2) is 4.39 Å². The van der Waals surface area contributed by atoms with Crippen LogP contribution in [-0.4, -0.2) is 29.1 Å². The van der Waals surface area contributed by atoms with Crippen molar-refractivity contribution in [1.29, 1.82) is 0 Å². The second-order valence-corrected chi connectivity index (χ2v) is 7.87. The Labute approximate surface area is 171 Å². The van der Waals surface area contributed by atoms with Crippen LogP contribution < -0.4 is 10.1 Å². The monoisotopic (exact) mass is 402 g/mol. The lowest BCUT2D eigenvalue weighted by molar-refractivity contribution is 0.102. The predicted molar refractivity (Wildman–Crippen MR) is 115 cm³/mol. The maximum absolute atomic E-state index is 13.7. The number of halogens is 1. The van der Waals surface area contributed by atoms with Crippen molar-refractivity contribution < 1.29 is 13.9 Å². The smallest absolute Gasteiger partial charge is 0.264 e. The molecule has 2 aromatic carbocycles. The molecule has 6 heteroatoms. The Morgan fingerprint density at radius 2 is 1.61 bits per heavy atom. The van der Waals surface area contributed by atoms with Crippen molar-refractivity contribution in [2.24, 2.45) is 11.8 Å². The Kier molecular flexibility index (Phi) is 7.93. The number of thiocarbonyl (C=S) groups is 1. The Balaban J connectivity index is 2.02. The minimum Gasteiger partial charge on any atom is -0.432 e. The maximum atomic E-state index is 13.7. The number of rotatable bonds is 7. The third-order valence-corrected chi connectivity index (χ3v) is 4.21. The number of para-hydroxylation sites is 1. The molecule has 4 nitrogen and oxygen atoms in total. The number of carbonyl (C=O) groups excluding carboxylic acids is 1. The van der Waals surface area contributed by atoms with E-state index < -0.39 is 5.82 Å². The van der Waals surface area contributed by atoms with Gasteiger partial charge in [0.2, 0.25) is 0 Å². The second-order valence-electron chi connectivity index (χ2n) is 7.52. The Morgan fingerprint density at radius 1 is 1.04 bits per heavy atom. The molecule has 0 aliphatic rings. The maximum Gasteiger partial charge on any atom is 0.264 e. The van der Waals surface area contributed by atoms with Gasteiger partial charge in [-0.2, -0.15) is 0 Å². The van der Waals surface area contributed by atoms with Gasteiger partial charge in [0.15, 0.2) is 0 Å². The molecule has 0 aliphatic heterocycles. The van der Waals surface area contributed by atoms with Crippen LogP contribution in [0.2, 0.25) is 0 Å². The summed E-state index contributed by atoms with van der Waals surface area (Å²) in [6, 6.07) is 12.7. The van der Waals surface area contributed by atoms with Crippen LogP contribution in [0.1, 0.15) is 38.1 Å². The molecule has 0 saturated carbocycles. The average Bonchev–Trinajstić information content (AvgIpc) is 2.63. The number of ether oxygens (including phenoxy) is 1. The number of hydrogen-bond acceptors (Lipinski definition) is 3. The Hall–Kier alpha value is -2.47. The fraction of sp³-hybridized carbons (Fsp3) is 0.364. The highest BCUT2D eigenvalue weighted by Gasteiger charge is 2.15. The van der Waals surface area contributed by atoms with Crippen molar-refractivity contribution in [2.45, 2.75) is 27.7 Å². The molecule has 0 saturated heterocycles. The van der Waals surface area contributed by atoms with Crippen LogP contribution in [0.5, 0.6) is 5.75 Å². The van der Waals surface area contributed by atoms with E-state index in [2.05, 4.69) is 37.9 Å². The first-order valence-corrected chi connectivity index (χ1v) is 9.79. The second kappa shape index (κ2) is 10.2. The van der Waals surface area contributed by atoms with Crippen LogP contribution in [0.25, 0.3) is 0 Å². The molecule has 0 aliphatic carbocycles. The normalized spacial score (nSPS) is 10.8. The van der Waals surface area contributed by atoms with Gasteiger partial charge in [-0.05, 0) is 60.5 Å². The number of hydrogen-bond donors (Lipinski definition) is 1. The van der Waals surface area contributed by atoms with Crippen LogP contribution in [0.3, 0.4) is 0 Å². The summed E-state index contributed by atoms with van der Waals surface area (Å²) in [6.45, 7) is 10.2. The number of anilines is 1. The largest absolute Gasteiger partial charge is 0.432 e. The molecule has 0 heterocycles. The zero-order valence-electron chi connectivity index (χ0n) is 16.7. The van der Waals surface area contributed by atoms with Gasteiger partial charge in [0.1, 0.15) is 11.6 Å². The summed E-state index contributed by atoms with van der Waals surface area (Å²) >= 11 is 5.46. The van der Waals surface area contributed by atoms with E-state index in [1.165, 1.54) is 12.1 Å². The standard InChI is InChI=1S/C22H27FN2O2S/c1-15(2)13-25(14-16(3)4)22(28)27-18-11-9-17(10-12-18)21(26)24-20-8-6-5-7-19(20)23/h5-12,15-16H,13-14H2,1-4H3,(H,24,26). The molecular weight excluding hydrogens is 375 g/mol. The minimum absolute atomic E-state index is 0.145. The van der Waals surface area contributed by atoms with Crippen molar-refractivity contribution >= 4 is 29.0 Å². The van der Waals surface area contributed by atoms with E-state index in [0.29, 0.717) is 28.3 Å². The average molecular weight is 403 g/mol. The van der Waals surface area contributed by atoms with E-state index in [1.54, 1.807) is 36.4 Å². The Morgan fingerprint density at radius 3 is 2.14 bits per heavy atom. The lowest BCUT2D eigenvalue weighted by Crippen LogP contribution is -2.38. The van der Waals surface area contributed by atoms with Gasteiger partial charge in [0.25, 0.3) is 11.1 Å². The van der Waals surface area contributed by atoms with Crippen LogP contribution in [0.4, 0.5) is 10.1 Å². The van der Waals surface area contributed by atoms with Crippen molar-refractivity contribution in [1.82, 2.24) is 4.90 Å². The summed E-state index contributed by atoms with van der Waals surface area (Å²) in [7, 11) is 0. The van der Waals surface area contributed by atoms with Gasteiger partial charge < -0.3 is 15.0 Å². The number of benzene rings is 2. The van der Waals surface area contributed by atoms with Crippen LogP contribution in [0, 0.1) is 17.7 Å². The molecule has 0 fully saturated rings. The van der Waals surface area contributed by atoms with Crippen LogP contribution in [0.15, 0.2) is 48.5 Å². The SMILES string of the molecule is CC(C)CN(CC(C)C)C(=S)Oc1ccc(C(=O)Nc2ccccc2F)cc1. The first-order valence-electron chi connectivity index (χ1n) is 9.39. The molecule has 0 spiro atoms. The third-order valence-electron chi connectivity index (χ3n) is 3.87. The third kappa shape index (κ3) is 6.60. The summed E-state index contributed by atoms with van der Waals surface area (Å²) < 4.78 is 19.5. The van der Waals surface area contributed by atoms with E-state index in [9.17, 15) is 9.18 Å². The molecule has 28 heavy (non-hydrogen) atoms. The molecule has 1 amide bonds. The van der Waals surface area contributed by atoms with E-state index >= 15 is 0 Å². The first kappa shape index (κ1) is 21.8. The molecule has 0 radical (unpaired) electrons. The van der Waals surface area contributed by atoms with Gasteiger partial charge in [-0.15, -0.1) is 0 Å². The number of nitrogens with zero attached hydrogens (tertiary/aromatic N) is 1. The topological polar surface area (TPSA) is 41.6 Å². The summed E-state index contributed by atoms with van der Waals surface area (Å²) in [5.41, 5.74) is 0.551. The minimum atomic E-state index is -0.475. The highest BCUT2D eigenvalue weighted by molar-refractivity contribution is 7.80. The summed E-state index contributed by atoms with van der Waals surface area (Å²) in [4.78, 5) is 14.4. The fourth-order valence-electron chi connectivity index (χ4n) is 2.70. The molecule has 2 aromatic rings. The molecular formula is C22H27FN2O2S. The van der Waals surface area contributed by atoms with E-state index in [1.807, 2.05) is 0 Å². The van der Waals surface area contributed by atoms with Crippen LogP contribution >= 0.6 is 12.2 Å². The molecule has 0 unspecified atom stereocenters. The highest BCUT2D eigenvalue weighted by Crippen LogP contribution is 2.18. The van der Waals surface area contributed by atoms with Crippen molar-refractivity contribution in [3.05, 3.63) is 59.9 Å². The molecule has 0 bridgehead atoms. The summed E-state index contributed by atoms with van der Waals surface area (Å²) in [5, 5.41) is 2.98. The Bertz CT molecular complexity index is 796. The van der Waals surface area contributed by atoms with Crippen molar-refractivity contribution in [2.75, 3.05) is 18.4 Å². The van der Waals surface area contributed by atoms with E-state index in [4.69, 9.17) is 17.0 Å². The van der Waals surface area contributed by atoms with Gasteiger partial charge >= 0.3 is 0 Å². The zero-order valence-corrected chi connectivity index (χ0v) is 17.6. The summed E-state index contributed by atoms with van der Waals surface area (Å²) in [5.74, 6) is 0.622. The number of amides is 1. The predicted octanol–water partition coefficient (Wildman–Crippen LogP) is 5.36. The van der Waals surface area contributed by atoms with Gasteiger partial charge in [0, 0.05) is 18.7 Å². The molecule has 1 N–H and O–H groups in total. The van der Waals surface area contributed by atoms with Crippen molar-refractivity contribution in [3.8, 4) is 5.75 Å². The molecule has 0 aromatic heterocycles. The van der Waals surface area contributed by atoms with E-state index in [0.717, 1.165) is 13.1 Å². The van der Waals surface area contributed by atoms with Crippen molar-refractivity contribution in [3.63, 3.8) is 0 Å². The van der Waals surface area contributed by atoms with Gasteiger partial charge in [-0.3, -0.25) is 4.79 Å². The quantitative estimate of drug-likeness (QED) is 0.634. The first-order chi connectivity index (χ1) is 13.3. The number of carbonyl (C=O) groups is 1. The van der Waals surface area contributed by atoms with Gasteiger partial charge in [0.05, 0.1) is 5.69 Å². The summed E-state index contributed by atoms with van der Waals surface area (Å²) in [6.07, 6.45) is 0. The lowest BCUT2D eigenvalue weighted by Gasteiger charge is -2.28. The molecule has 2 rings (SSSR count). The zero-order chi connectivity index (χ0) is 20.7.